The smallest absolute Gasteiger partial charge is 0.407 e. The summed E-state index contributed by atoms with van der Waals surface area (Å²) in [6.07, 6.45) is -4.11. The number of carbonyl (C=O) groups excluding carboxylic acids is 2. The van der Waals surface area contributed by atoms with Crippen molar-refractivity contribution >= 4 is 12.0 Å². The van der Waals surface area contributed by atoms with Gasteiger partial charge in [0.05, 0.1) is 13.2 Å². The van der Waals surface area contributed by atoms with Crippen LogP contribution in [-0.2, 0) is 33.5 Å². The van der Waals surface area contributed by atoms with E-state index in [0.717, 1.165) is 34.7 Å². The number of carbonyl (C=O) groups is 2. The first-order valence-corrected chi connectivity index (χ1v) is 17.5. The molecule has 2 aliphatic rings. The van der Waals surface area contributed by atoms with Gasteiger partial charge in [0.25, 0.3) is 0 Å². The van der Waals surface area contributed by atoms with Crippen LogP contribution in [0.5, 0.6) is 5.75 Å². The summed E-state index contributed by atoms with van der Waals surface area (Å²) >= 11 is 0. The number of aryl methyl sites for hydroxylation is 1. The van der Waals surface area contributed by atoms with Crippen LogP contribution in [0.3, 0.4) is 0 Å². The van der Waals surface area contributed by atoms with E-state index in [9.17, 15) is 38.1 Å². The van der Waals surface area contributed by atoms with Gasteiger partial charge in [-0.2, -0.15) is 0 Å². The third-order valence-electron chi connectivity index (χ3n) is 9.26. The van der Waals surface area contributed by atoms with Gasteiger partial charge in [0.15, 0.2) is 11.6 Å². The number of nitrogens with one attached hydrogen (secondary N) is 1. The number of aliphatic hydroxyl groups excluding tert-OH is 3. The van der Waals surface area contributed by atoms with Crippen molar-refractivity contribution in [2.75, 3.05) is 19.7 Å². The number of ether oxygens (including phenoxy) is 3. The van der Waals surface area contributed by atoms with E-state index in [1.54, 1.807) is 25.7 Å². The van der Waals surface area contributed by atoms with E-state index < -0.39 is 59.6 Å². The highest BCUT2D eigenvalue weighted by molar-refractivity contribution is 5.78. The Hall–Kier alpha value is -4.17. The summed E-state index contributed by atoms with van der Waals surface area (Å²) in [5, 5.41) is 33.1. The molecule has 6 atom stereocenters. The Kier molecular flexibility index (Phi) is 12.5. The predicted molar refractivity (Wildman–Crippen MR) is 185 cm³/mol. The van der Waals surface area contributed by atoms with Crippen LogP contribution in [0, 0.1) is 17.5 Å². The molecule has 3 aromatic rings. The Morgan fingerprint density at radius 1 is 0.942 bits per heavy atom. The van der Waals surface area contributed by atoms with Crippen molar-refractivity contribution in [1.82, 2.24) is 10.2 Å². The summed E-state index contributed by atoms with van der Waals surface area (Å²) in [6.45, 7) is 7.67. The Morgan fingerprint density at radius 3 is 2.35 bits per heavy atom. The number of hydrogen-bond donors (Lipinski definition) is 4. The topological polar surface area (TPSA) is 138 Å². The van der Waals surface area contributed by atoms with Crippen molar-refractivity contribution in [2.45, 2.75) is 102 Å². The lowest BCUT2D eigenvalue weighted by atomic mass is 9.90. The number of benzene rings is 3. The fourth-order valence-electron chi connectivity index (χ4n) is 6.55. The molecule has 2 aliphatic heterocycles. The molecule has 0 radical (unpaired) electrons. The lowest BCUT2D eigenvalue weighted by molar-refractivity contribution is -0.189. The molecule has 282 valence electrons. The van der Waals surface area contributed by atoms with Gasteiger partial charge < -0.3 is 39.7 Å². The predicted octanol–water partition coefficient (Wildman–Crippen LogP) is 4.92. The largest absolute Gasteiger partial charge is 0.489 e. The molecule has 2 fully saturated rings. The average molecular weight is 729 g/mol. The van der Waals surface area contributed by atoms with Gasteiger partial charge in [0, 0.05) is 31.5 Å². The lowest BCUT2D eigenvalue weighted by Crippen LogP contribution is -2.49. The average Bonchev–Trinajstić information content (AvgIpc) is 3.55. The molecule has 3 aromatic carbocycles. The number of alkyl carbamates (subject to hydrolysis) is 1. The summed E-state index contributed by atoms with van der Waals surface area (Å²) in [4.78, 5) is 27.5. The van der Waals surface area contributed by atoms with E-state index >= 15 is 0 Å². The number of nitrogens with zero attached hydrogens (tertiary/aromatic N) is 1. The highest BCUT2D eigenvalue weighted by Crippen LogP contribution is 2.31. The molecule has 0 spiro atoms. The molecule has 0 unspecified atom stereocenters. The molecule has 0 aromatic heterocycles. The number of halogens is 3. The first kappa shape index (κ1) is 39.0. The van der Waals surface area contributed by atoms with E-state index in [-0.39, 0.29) is 43.6 Å². The van der Waals surface area contributed by atoms with Crippen LogP contribution in [0.1, 0.15) is 74.5 Å². The molecular formula is C39H47F3N2O8. The maximum absolute atomic E-state index is 14.5. The summed E-state index contributed by atoms with van der Waals surface area (Å²) < 4.78 is 59.1. The number of likely N-dealkylation sites (tertiary alicyclic amines) is 1. The van der Waals surface area contributed by atoms with Gasteiger partial charge in [0.2, 0.25) is 5.91 Å². The van der Waals surface area contributed by atoms with Gasteiger partial charge in [0.1, 0.15) is 47.7 Å². The molecule has 5 rings (SSSR count). The first-order chi connectivity index (χ1) is 24.6. The molecular weight excluding hydrogens is 681 g/mol. The Bertz CT molecular complexity index is 1720. The lowest BCUT2D eigenvalue weighted by Gasteiger charge is -2.35. The summed E-state index contributed by atoms with van der Waals surface area (Å²) in [6, 6.07) is 13.7. The van der Waals surface area contributed by atoms with Crippen LogP contribution in [-0.4, -0.2) is 88.0 Å². The van der Waals surface area contributed by atoms with Gasteiger partial charge in [-0.25, -0.2) is 18.0 Å². The molecule has 0 aliphatic carbocycles. The minimum Gasteiger partial charge on any atom is -0.489 e. The molecule has 4 N–H and O–H groups in total. The molecule has 0 saturated carbocycles. The van der Waals surface area contributed by atoms with Crippen molar-refractivity contribution in [3.63, 3.8) is 0 Å². The van der Waals surface area contributed by atoms with Crippen molar-refractivity contribution in [1.29, 1.82) is 0 Å². The molecule has 10 nitrogen and oxygen atoms in total. The quantitative estimate of drug-likeness (QED) is 0.205. The third kappa shape index (κ3) is 10.0. The van der Waals surface area contributed by atoms with Gasteiger partial charge in [-0.05, 0) is 86.1 Å². The molecule has 2 heterocycles. The number of aliphatic hydroxyl groups is 3. The molecule has 2 saturated heterocycles. The van der Waals surface area contributed by atoms with Crippen molar-refractivity contribution < 1.29 is 52.3 Å². The monoisotopic (exact) mass is 728 g/mol. The minimum absolute atomic E-state index is 0.0744. The zero-order valence-electron chi connectivity index (χ0n) is 29.8. The normalized spacial score (nSPS) is 22.6. The highest BCUT2D eigenvalue weighted by Gasteiger charge is 2.38. The zero-order valence-corrected chi connectivity index (χ0v) is 29.8. The van der Waals surface area contributed by atoms with Crippen molar-refractivity contribution in [3.05, 3.63) is 99.9 Å². The summed E-state index contributed by atoms with van der Waals surface area (Å²) in [5.41, 5.74) is 2.89. The fraction of sp³-hybridized carbons (Fsp3) is 0.487. The molecule has 13 heteroatoms. The van der Waals surface area contributed by atoms with E-state index in [0.29, 0.717) is 31.2 Å². The van der Waals surface area contributed by atoms with Crippen molar-refractivity contribution in [3.8, 4) is 5.75 Å². The first-order valence-electron chi connectivity index (χ1n) is 17.5. The van der Waals surface area contributed by atoms with Crippen molar-refractivity contribution in [2.24, 2.45) is 0 Å². The minimum atomic E-state index is -1.33. The highest BCUT2D eigenvalue weighted by atomic mass is 19.2. The van der Waals surface area contributed by atoms with Gasteiger partial charge in [-0.3, -0.25) is 4.79 Å². The van der Waals surface area contributed by atoms with E-state index in [1.165, 1.54) is 0 Å². The maximum atomic E-state index is 14.5. The number of amides is 2. The number of rotatable bonds is 11. The SMILES string of the molecule is CCc1ccc([C@@H]2OC[C@@H](O)[C@H](O)[C@H]2O)cc1Cc1ccc(O[C@H]2CCN(C(=O)C[C@@H](Cc3cc(F)c(F)cc3F)NC(=O)OC(C)(C)C)C2)cc1. The van der Waals surface area contributed by atoms with Crippen LogP contribution in [0.4, 0.5) is 18.0 Å². The van der Waals surface area contributed by atoms with Crippen LogP contribution < -0.4 is 10.1 Å². The van der Waals surface area contributed by atoms with E-state index in [4.69, 9.17) is 14.2 Å². The zero-order chi connectivity index (χ0) is 37.7. The number of hydrogen-bond acceptors (Lipinski definition) is 8. The standard InChI is InChI=1S/C39H47F3N2O8/c1-5-23-8-9-24(37-36(48)35(47)33(45)21-50-37)15-25(23)14-22-6-10-28(11-7-22)51-29-12-13-44(20-29)34(46)18-27(43-38(49)52-39(2,3)4)16-26-17-31(41)32(42)19-30(26)40/h6-11,15,17,19,27,29,33,35-37,45,47-48H,5,12-14,16,18,20-21H2,1-4H3,(H,43,49)/t27-,29+,33-,35+,36-,37+/m1/s1. The van der Waals surface area contributed by atoms with E-state index in [2.05, 4.69) is 12.2 Å². The summed E-state index contributed by atoms with van der Waals surface area (Å²) in [7, 11) is 0. The van der Waals surface area contributed by atoms with Crippen LogP contribution in [0.25, 0.3) is 0 Å². The van der Waals surface area contributed by atoms with Gasteiger partial charge >= 0.3 is 6.09 Å². The Balaban J connectivity index is 1.19. The molecule has 0 bridgehead atoms. The second-order valence-corrected chi connectivity index (χ2v) is 14.5. The fourth-order valence-corrected chi connectivity index (χ4v) is 6.55. The second kappa shape index (κ2) is 16.7. The Labute approximate surface area is 301 Å². The third-order valence-corrected chi connectivity index (χ3v) is 9.26. The molecule has 52 heavy (non-hydrogen) atoms. The van der Waals surface area contributed by atoms with Crippen LogP contribution in [0.2, 0.25) is 0 Å². The Morgan fingerprint density at radius 2 is 1.65 bits per heavy atom. The second-order valence-electron chi connectivity index (χ2n) is 14.5. The maximum Gasteiger partial charge on any atom is 0.407 e. The van der Waals surface area contributed by atoms with Gasteiger partial charge in [-0.15, -0.1) is 0 Å². The van der Waals surface area contributed by atoms with Crippen LogP contribution >= 0.6 is 0 Å². The summed E-state index contributed by atoms with van der Waals surface area (Å²) in [5.74, 6) is -3.26. The van der Waals surface area contributed by atoms with E-state index in [1.807, 2.05) is 42.5 Å². The van der Waals surface area contributed by atoms with Gasteiger partial charge in [-0.1, -0.05) is 37.3 Å². The molecule has 2 amide bonds. The van der Waals surface area contributed by atoms with Crippen LogP contribution in [0.15, 0.2) is 54.6 Å².